The van der Waals surface area contributed by atoms with Crippen molar-refractivity contribution in [2.24, 2.45) is 23.7 Å². The summed E-state index contributed by atoms with van der Waals surface area (Å²) in [5.74, 6) is 4.24. The maximum Gasteiger partial charge on any atom is -0.0411 e. The summed E-state index contributed by atoms with van der Waals surface area (Å²) in [6.45, 7) is 4.86. The molecular formula is C15H28. The SMILES string of the molecule is CC1CCC(CC2CCC(C)CC2)CC1. The van der Waals surface area contributed by atoms with Crippen molar-refractivity contribution in [3.05, 3.63) is 0 Å². The van der Waals surface area contributed by atoms with Gasteiger partial charge in [-0.25, -0.2) is 0 Å². The summed E-state index contributed by atoms with van der Waals surface area (Å²) in [5.41, 5.74) is 0. The highest BCUT2D eigenvalue weighted by Crippen LogP contribution is 2.37. The van der Waals surface area contributed by atoms with Crippen molar-refractivity contribution in [1.29, 1.82) is 0 Å². The Balaban J connectivity index is 1.68. The maximum atomic E-state index is 2.43. The molecule has 0 aromatic carbocycles. The molecule has 0 heteroatoms. The van der Waals surface area contributed by atoms with Crippen LogP contribution in [0, 0.1) is 23.7 Å². The minimum atomic E-state index is 1.02. The standard InChI is InChI=1S/C15H28/c1-12-3-7-14(8-4-12)11-15-9-5-13(2)6-10-15/h12-15H,3-11H2,1-2H3. The Kier molecular flexibility index (Phi) is 4.11. The van der Waals surface area contributed by atoms with Crippen LogP contribution in [0.15, 0.2) is 0 Å². The molecule has 0 nitrogen and oxygen atoms in total. The summed E-state index contributed by atoms with van der Waals surface area (Å²) in [7, 11) is 0. The largest absolute Gasteiger partial charge is 0.0625 e. The van der Waals surface area contributed by atoms with Crippen molar-refractivity contribution < 1.29 is 0 Å². The summed E-state index contributed by atoms with van der Waals surface area (Å²) < 4.78 is 0. The van der Waals surface area contributed by atoms with E-state index in [-0.39, 0.29) is 0 Å². The molecule has 2 saturated carbocycles. The third-order valence-electron chi connectivity index (χ3n) is 4.94. The summed E-state index contributed by atoms with van der Waals surface area (Å²) >= 11 is 0. The molecule has 0 spiro atoms. The van der Waals surface area contributed by atoms with Crippen LogP contribution in [0.5, 0.6) is 0 Å². The van der Waals surface area contributed by atoms with E-state index >= 15 is 0 Å². The van der Waals surface area contributed by atoms with E-state index in [1.807, 2.05) is 0 Å². The fraction of sp³-hybridized carbons (Fsp3) is 1.00. The fourth-order valence-corrected chi connectivity index (χ4v) is 3.60. The van der Waals surface area contributed by atoms with E-state index in [1.54, 1.807) is 6.42 Å². The van der Waals surface area contributed by atoms with E-state index in [2.05, 4.69) is 13.8 Å². The minimum absolute atomic E-state index is 1.02. The van der Waals surface area contributed by atoms with Crippen molar-refractivity contribution in [1.82, 2.24) is 0 Å². The summed E-state index contributed by atoms with van der Waals surface area (Å²) in [4.78, 5) is 0. The lowest BCUT2D eigenvalue weighted by Gasteiger charge is -2.32. The first-order valence-corrected chi connectivity index (χ1v) is 7.24. The Bertz CT molecular complexity index is 148. The molecule has 2 aliphatic rings. The third-order valence-corrected chi connectivity index (χ3v) is 4.94. The molecule has 2 rings (SSSR count). The first kappa shape index (κ1) is 11.5. The molecule has 0 heterocycles. The predicted molar refractivity (Wildman–Crippen MR) is 66.9 cm³/mol. The van der Waals surface area contributed by atoms with Crippen LogP contribution in [0.1, 0.15) is 71.6 Å². The lowest BCUT2D eigenvalue weighted by atomic mass is 9.74. The second kappa shape index (κ2) is 5.37. The van der Waals surface area contributed by atoms with E-state index in [0.29, 0.717) is 0 Å². The molecule has 15 heavy (non-hydrogen) atoms. The highest BCUT2D eigenvalue weighted by atomic mass is 14.3. The first-order valence-electron chi connectivity index (χ1n) is 7.24. The number of rotatable bonds is 2. The Labute approximate surface area is 95.8 Å². The van der Waals surface area contributed by atoms with Crippen LogP contribution in [-0.4, -0.2) is 0 Å². The Morgan fingerprint density at radius 3 is 1.27 bits per heavy atom. The average molecular weight is 208 g/mol. The molecule has 0 N–H and O–H groups in total. The van der Waals surface area contributed by atoms with Crippen LogP contribution in [0.4, 0.5) is 0 Å². The van der Waals surface area contributed by atoms with Gasteiger partial charge in [-0.2, -0.15) is 0 Å². The molecule has 0 radical (unpaired) electrons. The van der Waals surface area contributed by atoms with Gasteiger partial charge in [0.2, 0.25) is 0 Å². The maximum absolute atomic E-state index is 2.43. The second-order valence-electron chi connectivity index (χ2n) is 6.49. The van der Waals surface area contributed by atoms with Gasteiger partial charge >= 0.3 is 0 Å². The molecule has 0 bridgehead atoms. The van der Waals surface area contributed by atoms with Crippen LogP contribution in [0.2, 0.25) is 0 Å². The Morgan fingerprint density at radius 2 is 0.933 bits per heavy atom. The van der Waals surface area contributed by atoms with Gasteiger partial charge in [0.05, 0.1) is 0 Å². The Morgan fingerprint density at radius 1 is 0.600 bits per heavy atom. The quantitative estimate of drug-likeness (QED) is 0.597. The van der Waals surface area contributed by atoms with Gasteiger partial charge in [-0.05, 0) is 30.1 Å². The predicted octanol–water partition coefficient (Wildman–Crippen LogP) is 5.03. The average Bonchev–Trinajstić information content (AvgIpc) is 2.25. The van der Waals surface area contributed by atoms with Crippen molar-refractivity contribution >= 4 is 0 Å². The van der Waals surface area contributed by atoms with Gasteiger partial charge in [0.15, 0.2) is 0 Å². The minimum Gasteiger partial charge on any atom is -0.0625 e. The van der Waals surface area contributed by atoms with Gasteiger partial charge in [0.25, 0.3) is 0 Å². The molecule has 0 unspecified atom stereocenters. The van der Waals surface area contributed by atoms with Gasteiger partial charge in [0, 0.05) is 0 Å². The van der Waals surface area contributed by atoms with Crippen LogP contribution in [0.25, 0.3) is 0 Å². The number of hydrogen-bond acceptors (Lipinski definition) is 0. The van der Waals surface area contributed by atoms with E-state index in [4.69, 9.17) is 0 Å². The van der Waals surface area contributed by atoms with Crippen LogP contribution >= 0.6 is 0 Å². The smallest absolute Gasteiger partial charge is 0.0411 e. The molecule has 0 atom stereocenters. The van der Waals surface area contributed by atoms with Crippen LogP contribution < -0.4 is 0 Å². The van der Waals surface area contributed by atoms with Gasteiger partial charge < -0.3 is 0 Å². The first-order chi connectivity index (χ1) is 7.24. The topological polar surface area (TPSA) is 0 Å². The molecule has 0 aromatic heterocycles. The Hall–Kier alpha value is 0. The van der Waals surface area contributed by atoms with Gasteiger partial charge in [-0.15, -0.1) is 0 Å². The van der Waals surface area contributed by atoms with E-state index in [0.717, 1.165) is 23.7 Å². The van der Waals surface area contributed by atoms with Gasteiger partial charge in [-0.3, -0.25) is 0 Å². The third kappa shape index (κ3) is 3.50. The van der Waals surface area contributed by atoms with E-state index < -0.39 is 0 Å². The molecule has 0 saturated heterocycles. The molecule has 0 amide bonds. The summed E-state index contributed by atoms with van der Waals surface area (Å²) in [6.07, 6.45) is 13.7. The monoisotopic (exact) mass is 208 g/mol. The van der Waals surface area contributed by atoms with E-state index in [1.165, 1.54) is 51.4 Å². The second-order valence-corrected chi connectivity index (χ2v) is 6.49. The zero-order valence-corrected chi connectivity index (χ0v) is 10.7. The highest BCUT2D eigenvalue weighted by molar-refractivity contribution is 4.76. The molecule has 0 aliphatic heterocycles. The van der Waals surface area contributed by atoms with Crippen LogP contribution in [0.3, 0.4) is 0 Å². The van der Waals surface area contributed by atoms with Crippen molar-refractivity contribution in [3.63, 3.8) is 0 Å². The lowest BCUT2D eigenvalue weighted by Crippen LogP contribution is -2.19. The molecule has 2 fully saturated rings. The molecule has 0 aromatic rings. The summed E-state index contributed by atoms with van der Waals surface area (Å²) in [5, 5.41) is 0. The zero-order chi connectivity index (χ0) is 10.7. The lowest BCUT2D eigenvalue weighted by molar-refractivity contribution is 0.201. The van der Waals surface area contributed by atoms with Gasteiger partial charge in [0.1, 0.15) is 0 Å². The zero-order valence-electron chi connectivity index (χ0n) is 10.7. The van der Waals surface area contributed by atoms with Crippen molar-refractivity contribution in [2.45, 2.75) is 71.6 Å². The van der Waals surface area contributed by atoms with Crippen molar-refractivity contribution in [2.75, 3.05) is 0 Å². The summed E-state index contributed by atoms with van der Waals surface area (Å²) in [6, 6.07) is 0. The molecule has 2 aliphatic carbocycles. The van der Waals surface area contributed by atoms with Crippen LogP contribution in [-0.2, 0) is 0 Å². The van der Waals surface area contributed by atoms with Crippen molar-refractivity contribution in [3.8, 4) is 0 Å². The fourth-order valence-electron chi connectivity index (χ4n) is 3.60. The highest BCUT2D eigenvalue weighted by Gasteiger charge is 2.24. The van der Waals surface area contributed by atoms with E-state index in [9.17, 15) is 0 Å². The number of hydrogen-bond donors (Lipinski definition) is 0. The van der Waals surface area contributed by atoms with Gasteiger partial charge in [-0.1, -0.05) is 65.2 Å². The normalized spacial score (nSPS) is 42.8. The molecule has 88 valence electrons. The molecular weight excluding hydrogens is 180 g/mol.